The van der Waals surface area contributed by atoms with E-state index in [1.54, 1.807) is 7.11 Å². The van der Waals surface area contributed by atoms with Crippen LogP contribution in [0.4, 0.5) is 0 Å². The van der Waals surface area contributed by atoms with Crippen LogP contribution in [0.25, 0.3) is 10.4 Å². The number of aliphatic hydroxyl groups is 1. The van der Waals surface area contributed by atoms with E-state index in [0.29, 0.717) is 11.3 Å². The third kappa shape index (κ3) is 2.66. The van der Waals surface area contributed by atoms with Crippen LogP contribution in [-0.4, -0.2) is 18.8 Å². The van der Waals surface area contributed by atoms with Crippen LogP contribution in [0.1, 0.15) is 22.8 Å². The summed E-state index contributed by atoms with van der Waals surface area (Å²) in [5, 5.41) is 13.2. The van der Waals surface area contributed by atoms with Gasteiger partial charge in [-0.1, -0.05) is 16.7 Å². The van der Waals surface area contributed by atoms with Crippen molar-refractivity contribution in [3.8, 4) is 5.75 Å². The molecule has 0 heterocycles. The van der Waals surface area contributed by atoms with Gasteiger partial charge in [-0.15, -0.1) is 0 Å². The van der Waals surface area contributed by atoms with E-state index in [2.05, 4.69) is 10.0 Å². The second-order valence-electron chi connectivity index (χ2n) is 3.63. The number of methoxy groups -OCH3 is 1. The lowest BCUT2D eigenvalue weighted by molar-refractivity contribution is 0.182. The Balaban J connectivity index is 3.14. The fourth-order valence-electron chi connectivity index (χ4n) is 1.73. The normalized spacial score (nSPS) is 11.8. The van der Waals surface area contributed by atoms with Crippen molar-refractivity contribution in [2.24, 2.45) is 5.11 Å². The molecule has 0 saturated heterocycles. The van der Waals surface area contributed by atoms with Crippen LogP contribution < -0.4 is 4.74 Å². The molecule has 0 radical (unpaired) electrons. The molecule has 0 amide bonds. The molecule has 1 rings (SSSR count). The van der Waals surface area contributed by atoms with Gasteiger partial charge in [-0.05, 0) is 31.0 Å². The molecule has 5 heteroatoms. The third-order valence-electron chi connectivity index (χ3n) is 2.33. The molecular formula is C11H15N3O2. The van der Waals surface area contributed by atoms with Crippen molar-refractivity contribution < 1.29 is 9.84 Å². The summed E-state index contributed by atoms with van der Waals surface area (Å²) >= 11 is 0. The van der Waals surface area contributed by atoms with Crippen LogP contribution in [0.15, 0.2) is 17.2 Å². The summed E-state index contributed by atoms with van der Waals surface area (Å²) in [4.78, 5) is 2.63. The van der Waals surface area contributed by atoms with Gasteiger partial charge in [0.25, 0.3) is 0 Å². The highest BCUT2D eigenvalue weighted by Gasteiger charge is 2.14. The molecule has 1 N–H and O–H groups in total. The summed E-state index contributed by atoms with van der Waals surface area (Å²) in [5.74, 6) is 0.645. The number of rotatable bonds is 4. The summed E-state index contributed by atoms with van der Waals surface area (Å²) in [7, 11) is 1.56. The van der Waals surface area contributed by atoms with E-state index in [1.807, 2.05) is 26.0 Å². The van der Waals surface area contributed by atoms with Crippen molar-refractivity contribution in [3.05, 3.63) is 39.3 Å². The summed E-state index contributed by atoms with van der Waals surface area (Å²) in [6.45, 7) is 3.86. The first-order valence-corrected chi connectivity index (χ1v) is 4.94. The Kier molecular flexibility index (Phi) is 4.17. The number of ether oxygens (including phenoxy) is 1. The van der Waals surface area contributed by atoms with Crippen LogP contribution in [0, 0.1) is 13.8 Å². The van der Waals surface area contributed by atoms with Gasteiger partial charge in [0, 0.05) is 10.5 Å². The molecule has 0 spiro atoms. The van der Waals surface area contributed by atoms with E-state index >= 15 is 0 Å². The number of aryl methyl sites for hydroxylation is 2. The average Bonchev–Trinajstić information content (AvgIpc) is 2.24. The molecular weight excluding hydrogens is 206 g/mol. The topological polar surface area (TPSA) is 78.2 Å². The zero-order chi connectivity index (χ0) is 12.1. The summed E-state index contributed by atoms with van der Waals surface area (Å²) in [5.41, 5.74) is 10.9. The Morgan fingerprint density at radius 3 is 2.75 bits per heavy atom. The molecule has 0 aliphatic rings. The van der Waals surface area contributed by atoms with Crippen LogP contribution in [-0.2, 0) is 0 Å². The maximum Gasteiger partial charge on any atom is 0.127 e. The highest BCUT2D eigenvalue weighted by molar-refractivity contribution is 5.45. The van der Waals surface area contributed by atoms with Crippen LogP contribution in [0.5, 0.6) is 5.75 Å². The molecule has 1 atom stereocenters. The first-order chi connectivity index (χ1) is 7.60. The molecule has 0 aliphatic carbocycles. The lowest BCUT2D eigenvalue weighted by atomic mass is 10.0. The van der Waals surface area contributed by atoms with Gasteiger partial charge < -0.3 is 9.84 Å². The Bertz CT molecular complexity index is 425. The molecule has 0 fully saturated rings. The summed E-state index contributed by atoms with van der Waals surface area (Å²) in [6.07, 6.45) is -0.829. The molecule has 0 aromatic heterocycles. The van der Waals surface area contributed by atoms with Crippen molar-refractivity contribution in [3.63, 3.8) is 0 Å². The van der Waals surface area contributed by atoms with E-state index in [9.17, 15) is 5.11 Å². The minimum Gasteiger partial charge on any atom is -0.496 e. The fraction of sp³-hybridized carbons (Fsp3) is 0.455. The fourth-order valence-corrected chi connectivity index (χ4v) is 1.73. The average molecular weight is 221 g/mol. The second kappa shape index (κ2) is 5.39. The van der Waals surface area contributed by atoms with E-state index in [-0.39, 0.29) is 6.54 Å². The van der Waals surface area contributed by atoms with E-state index in [1.165, 1.54) is 0 Å². The molecule has 86 valence electrons. The minimum absolute atomic E-state index is 0.00968. The zero-order valence-corrected chi connectivity index (χ0v) is 9.64. The summed E-state index contributed by atoms with van der Waals surface area (Å²) in [6, 6.07) is 3.81. The van der Waals surface area contributed by atoms with Gasteiger partial charge in [-0.3, -0.25) is 0 Å². The Morgan fingerprint density at radius 1 is 1.50 bits per heavy atom. The smallest absolute Gasteiger partial charge is 0.127 e. The maximum atomic E-state index is 9.87. The van der Waals surface area contributed by atoms with Crippen LogP contribution in [0.2, 0.25) is 0 Å². The lowest BCUT2D eigenvalue weighted by Gasteiger charge is -2.16. The molecule has 0 bridgehead atoms. The standard InChI is InChI=1S/C11H15N3O2/c1-7-4-8(2)11(16-3)9(5-7)10(15)6-13-14-12/h4-5,10,15H,6H2,1-3H3. The first-order valence-electron chi connectivity index (χ1n) is 4.94. The quantitative estimate of drug-likeness (QED) is 0.482. The predicted molar refractivity (Wildman–Crippen MR) is 61.4 cm³/mol. The Morgan fingerprint density at radius 2 is 2.19 bits per heavy atom. The Hall–Kier alpha value is -1.71. The second-order valence-corrected chi connectivity index (χ2v) is 3.63. The minimum atomic E-state index is -0.829. The molecule has 1 unspecified atom stereocenters. The molecule has 0 saturated carbocycles. The number of azide groups is 1. The van der Waals surface area contributed by atoms with Crippen molar-refractivity contribution in [2.45, 2.75) is 20.0 Å². The van der Waals surface area contributed by atoms with Crippen molar-refractivity contribution >= 4 is 0 Å². The van der Waals surface area contributed by atoms with Gasteiger partial charge in [0.05, 0.1) is 19.8 Å². The first kappa shape index (κ1) is 12.4. The molecule has 16 heavy (non-hydrogen) atoms. The number of hydrogen-bond acceptors (Lipinski definition) is 3. The predicted octanol–water partition coefficient (Wildman–Crippen LogP) is 2.66. The highest BCUT2D eigenvalue weighted by Crippen LogP contribution is 2.30. The van der Waals surface area contributed by atoms with E-state index in [4.69, 9.17) is 10.3 Å². The number of hydrogen-bond donors (Lipinski definition) is 1. The van der Waals surface area contributed by atoms with Crippen molar-refractivity contribution in [2.75, 3.05) is 13.7 Å². The maximum absolute atomic E-state index is 9.87. The number of nitrogens with zero attached hydrogens (tertiary/aromatic N) is 3. The lowest BCUT2D eigenvalue weighted by Crippen LogP contribution is -2.05. The molecule has 1 aromatic rings. The van der Waals surface area contributed by atoms with Gasteiger partial charge in [0.15, 0.2) is 0 Å². The van der Waals surface area contributed by atoms with Crippen LogP contribution >= 0.6 is 0 Å². The zero-order valence-electron chi connectivity index (χ0n) is 9.64. The van der Waals surface area contributed by atoms with Gasteiger partial charge in [-0.25, -0.2) is 0 Å². The molecule has 5 nitrogen and oxygen atoms in total. The van der Waals surface area contributed by atoms with Crippen molar-refractivity contribution in [1.29, 1.82) is 0 Å². The van der Waals surface area contributed by atoms with Gasteiger partial charge in [0.2, 0.25) is 0 Å². The largest absolute Gasteiger partial charge is 0.496 e. The van der Waals surface area contributed by atoms with E-state index < -0.39 is 6.10 Å². The summed E-state index contributed by atoms with van der Waals surface area (Å²) < 4.78 is 5.24. The number of aliphatic hydroxyl groups excluding tert-OH is 1. The third-order valence-corrected chi connectivity index (χ3v) is 2.33. The molecule has 1 aromatic carbocycles. The highest BCUT2D eigenvalue weighted by atomic mass is 16.5. The monoisotopic (exact) mass is 221 g/mol. The van der Waals surface area contributed by atoms with Crippen LogP contribution in [0.3, 0.4) is 0 Å². The SMILES string of the molecule is COc1c(C)cc(C)cc1C(O)CN=[N+]=[N-]. The van der Waals surface area contributed by atoms with Gasteiger partial charge in [-0.2, -0.15) is 0 Å². The molecule has 0 aliphatic heterocycles. The van der Waals surface area contributed by atoms with E-state index in [0.717, 1.165) is 11.1 Å². The Labute approximate surface area is 94.3 Å². The number of benzene rings is 1. The van der Waals surface area contributed by atoms with Crippen molar-refractivity contribution in [1.82, 2.24) is 0 Å². The van der Waals surface area contributed by atoms with Gasteiger partial charge in [0.1, 0.15) is 5.75 Å². The van der Waals surface area contributed by atoms with Gasteiger partial charge >= 0.3 is 0 Å².